The van der Waals surface area contributed by atoms with Crippen LogP contribution in [0.15, 0.2) is 36.7 Å². The van der Waals surface area contributed by atoms with Crippen LogP contribution in [0.1, 0.15) is 31.7 Å². The topological polar surface area (TPSA) is 69.5 Å². The van der Waals surface area contributed by atoms with Gasteiger partial charge in [0.15, 0.2) is 11.5 Å². The van der Waals surface area contributed by atoms with Crippen LogP contribution in [0.5, 0.6) is 11.5 Å². The summed E-state index contributed by atoms with van der Waals surface area (Å²) in [4.78, 5) is 16.9. The number of aromatic nitrogens is 3. The smallest absolute Gasteiger partial charge is 0.267 e. The summed E-state index contributed by atoms with van der Waals surface area (Å²) >= 11 is 0. The van der Waals surface area contributed by atoms with Crippen molar-refractivity contribution >= 4 is 5.91 Å². The van der Waals surface area contributed by atoms with Gasteiger partial charge in [0, 0.05) is 12.1 Å². The summed E-state index contributed by atoms with van der Waals surface area (Å²) in [7, 11) is 0. The molecule has 1 aromatic carbocycles. The Kier molecular flexibility index (Phi) is 3.39. The minimum atomic E-state index is -0.558. The van der Waals surface area contributed by atoms with Crippen molar-refractivity contribution in [3.63, 3.8) is 0 Å². The molecule has 2 fully saturated rings. The average Bonchev–Trinajstić information content (AvgIpc) is 3.27. The van der Waals surface area contributed by atoms with Gasteiger partial charge in [0.1, 0.15) is 6.61 Å². The van der Waals surface area contributed by atoms with Gasteiger partial charge in [0.2, 0.25) is 6.10 Å². The zero-order valence-electron chi connectivity index (χ0n) is 13.8. The summed E-state index contributed by atoms with van der Waals surface area (Å²) in [6.45, 7) is 0.274. The first-order valence-corrected chi connectivity index (χ1v) is 8.86. The monoisotopic (exact) mass is 340 g/mol. The lowest BCUT2D eigenvalue weighted by molar-refractivity contribution is -0.146. The van der Waals surface area contributed by atoms with E-state index in [0.29, 0.717) is 11.5 Å². The molecule has 0 saturated carbocycles. The van der Waals surface area contributed by atoms with E-state index >= 15 is 0 Å². The van der Waals surface area contributed by atoms with Gasteiger partial charge in [-0.25, -0.2) is 0 Å². The molecular weight excluding hydrogens is 320 g/mol. The van der Waals surface area contributed by atoms with Gasteiger partial charge in [-0.1, -0.05) is 12.1 Å². The number of piperidine rings is 1. The first kappa shape index (κ1) is 14.7. The average molecular weight is 340 g/mol. The van der Waals surface area contributed by atoms with E-state index in [9.17, 15) is 4.79 Å². The number of para-hydroxylation sites is 2. The normalized spacial score (nSPS) is 30.3. The van der Waals surface area contributed by atoms with Gasteiger partial charge in [-0.05, 0) is 37.8 Å². The second-order valence-corrected chi connectivity index (χ2v) is 6.97. The molecule has 0 radical (unpaired) electrons. The number of nitrogens with zero attached hydrogens (tertiary/aromatic N) is 4. The van der Waals surface area contributed by atoms with Crippen molar-refractivity contribution in [2.24, 2.45) is 0 Å². The van der Waals surface area contributed by atoms with E-state index in [4.69, 9.17) is 9.47 Å². The van der Waals surface area contributed by atoms with Crippen molar-refractivity contribution in [3.8, 4) is 11.5 Å². The maximum absolute atomic E-state index is 13.1. The van der Waals surface area contributed by atoms with Crippen molar-refractivity contribution in [2.45, 2.75) is 49.9 Å². The lowest BCUT2D eigenvalue weighted by atomic mass is 9.97. The Hall–Kier alpha value is -2.57. The first-order chi connectivity index (χ1) is 12.3. The van der Waals surface area contributed by atoms with Gasteiger partial charge in [0.05, 0.1) is 18.4 Å². The number of ether oxygens (including phenoxy) is 2. The van der Waals surface area contributed by atoms with E-state index in [0.717, 1.165) is 25.7 Å². The van der Waals surface area contributed by atoms with Gasteiger partial charge in [-0.3, -0.25) is 4.79 Å². The quantitative estimate of drug-likeness (QED) is 0.834. The molecule has 2 aromatic rings. The summed E-state index contributed by atoms with van der Waals surface area (Å²) in [6.07, 6.45) is 6.75. The standard InChI is InChI=1S/C18H20N4O3/c23-18(17-11-24-15-3-1-2-4-16(15)25-17)21-12-5-6-13(21)10-14(9-12)22-19-7-8-20-22/h1-4,7-8,12-14,17H,5-6,9-11H2. The third kappa shape index (κ3) is 2.45. The number of amides is 1. The summed E-state index contributed by atoms with van der Waals surface area (Å²) < 4.78 is 11.6. The SMILES string of the molecule is O=C(C1COc2ccccc2O1)N1C2CCC1CC(n1nccn1)C2. The molecule has 130 valence electrons. The van der Waals surface area contributed by atoms with Crippen molar-refractivity contribution in [2.75, 3.05) is 6.61 Å². The molecule has 2 saturated heterocycles. The molecule has 3 aliphatic heterocycles. The first-order valence-electron chi connectivity index (χ1n) is 8.86. The number of carbonyl (C=O) groups is 1. The van der Waals surface area contributed by atoms with Crippen molar-refractivity contribution in [1.29, 1.82) is 0 Å². The third-order valence-electron chi connectivity index (χ3n) is 5.51. The molecule has 0 N–H and O–H groups in total. The van der Waals surface area contributed by atoms with Crippen LogP contribution in [0.3, 0.4) is 0 Å². The van der Waals surface area contributed by atoms with E-state index in [1.165, 1.54) is 0 Å². The number of fused-ring (bicyclic) bond motifs is 3. The van der Waals surface area contributed by atoms with Crippen LogP contribution >= 0.6 is 0 Å². The fourth-order valence-electron chi connectivity index (χ4n) is 4.42. The molecule has 2 bridgehead atoms. The Balaban J connectivity index is 1.32. The molecule has 7 nitrogen and oxygen atoms in total. The highest BCUT2D eigenvalue weighted by molar-refractivity contribution is 5.83. The molecular formula is C18H20N4O3. The van der Waals surface area contributed by atoms with Crippen molar-refractivity contribution < 1.29 is 14.3 Å². The molecule has 1 aromatic heterocycles. The molecule has 0 aliphatic carbocycles. The molecule has 1 amide bonds. The van der Waals surface area contributed by atoms with Crippen LogP contribution in [0.2, 0.25) is 0 Å². The van der Waals surface area contributed by atoms with Gasteiger partial charge < -0.3 is 14.4 Å². The molecule has 25 heavy (non-hydrogen) atoms. The molecule has 3 unspecified atom stereocenters. The van der Waals surface area contributed by atoms with Gasteiger partial charge in [0.25, 0.3) is 5.91 Å². The van der Waals surface area contributed by atoms with Crippen LogP contribution in [-0.4, -0.2) is 50.6 Å². The molecule has 3 atom stereocenters. The predicted octanol–water partition coefficient (Wildman–Crippen LogP) is 1.81. The van der Waals surface area contributed by atoms with Crippen LogP contribution in [0.4, 0.5) is 0 Å². The molecule has 0 spiro atoms. The van der Waals surface area contributed by atoms with Crippen LogP contribution < -0.4 is 9.47 Å². The van der Waals surface area contributed by atoms with Crippen LogP contribution in [0, 0.1) is 0 Å². The third-order valence-corrected chi connectivity index (χ3v) is 5.51. The Labute approximate surface area is 145 Å². The molecule has 5 rings (SSSR count). The zero-order chi connectivity index (χ0) is 16.8. The van der Waals surface area contributed by atoms with Crippen LogP contribution in [-0.2, 0) is 4.79 Å². The zero-order valence-corrected chi connectivity index (χ0v) is 13.8. The lowest BCUT2D eigenvalue weighted by Crippen LogP contribution is -2.54. The molecule has 7 heteroatoms. The molecule has 3 aliphatic rings. The Bertz CT molecular complexity index is 764. The second kappa shape index (κ2) is 5.75. The maximum atomic E-state index is 13.1. The van der Waals surface area contributed by atoms with E-state index in [1.54, 1.807) is 17.2 Å². The highest BCUT2D eigenvalue weighted by Crippen LogP contribution is 2.41. The number of hydrogen-bond donors (Lipinski definition) is 0. The highest BCUT2D eigenvalue weighted by Gasteiger charge is 2.47. The van der Waals surface area contributed by atoms with E-state index in [1.807, 2.05) is 29.2 Å². The second-order valence-electron chi connectivity index (χ2n) is 6.97. The predicted molar refractivity (Wildman–Crippen MR) is 88.3 cm³/mol. The fraction of sp³-hybridized carbons (Fsp3) is 0.500. The van der Waals surface area contributed by atoms with E-state index in [2.05, 4.69) is 10.2 Å². The van der Waals surface area contributed by atoms with E-state index < -0.39 is 6.10 Å². The number of carbonyl (C=O) groups excluding carboxylic acids is 1. The minimum Gasteiger partial charge on any atom is -0.485 e. The molecule has 4 heterocycles. The Morgan fingerprint density at radius 3 is 2.40 bits per heavy atom. The van der Waals surface area contributed by atoms with Gasteiger partial charge in [-0.15, -0.1) is 0 Å². The summed E-state index contributed by atoms with van der Waals surface area (Å²) in [5, 5.41) is 8.56. The number of hydrogen-bond acceptors (Lipinski definition) is 5. The Morgan fingerprint density at radius 2 is 1.68 bits per heavy atom. The van der Waals surface area contributed by atoms with Gasteiger partial charge in [-0.2, -0.15) is 15.0 Å². The Morgan fingerprint density at radius 1 is 1.00 bits per heavy atom. The maximum Gasteiger partial charge on any atom is 0.267 e. The van der Waals surface area contributed by atoms with Crippen molar-refractivity contribution in [1.82, 2.24) is 19.9 Å². The largest absolute Gasteiger partial charge is 0.485 e. The minimum absolute atomic E-state index is 0.0499. The van der Waals surface area contributed by atoms with E-state index in [-0.39, 0.29) is 30.6 Å². The van der Waals surface area contributed by atoms with Gasteiger partial charge >= 0.3 is 0 Å². The fourth-order valence-corrected chi connectivity index (χ4v) is 4.42. The van der Waals surface area contributed by atoms with Crippen molar-refractivity contribution in [3.05, 3.63) is 36.7 Å². The number of rotatable bonds is 2. The summed E-state index contributed by atoms with van der Waals surface area (Å²) in [5.74, 6) is 1.40. The summed E-state index contributed by atoms with van der Waals surface area (Å²) in [6, 6.07) is 8.26. The summed E-state index contributed by atoms with van der Waals surface area (Å²) in [5.41, 5.74) is 0. The van der Waals surface area contributed by atoms with Crippen LogP contribution in [0.25, 0.3) is 0 Å². The number of benzene rings is 1. The lowest BCUT2D eigenvalue weighted by Gasteiger charge is -2.40. The highest BCUT2D eigenvalue weighted by atomic mass is 16.6.